The lowest BCUT2D eigenvalue weighted by atomic mass is 9.62. The minimum atomic E-state index is 0. The highest BCUT2D eigenvalue weighted by Gasteiger charge is 2.37. The molecule has 19 heavy (non-hydrogen) atoms. The minimum Gasteiger partial charge on any atom is -0.0776 e. The van der Waals surface area contributed by atoms with Crippen molar-refractivity contribution in [1.29, 1.82) is 0 Å². The third-order valence-electron chi connectivity index (χ3n) is 4.72. The fourth-order valence-corrected chi connectivity index (χ4v) is 3.06. The van der Waals surface area contributed by atoms with Gasteiger partial charge in [-0.2, -0.15) is 0 Å². The number of benzene rings is 1. The van der Waals surface area contributed by atoms with Crippen LogP contribution >= 0.6 is 0 Å². The van der Waals surface area contributed by atoms with Gasteiger partial charge in [0.2, 0.25) is 0 Å². The van der Waals surface area contributed by atoms with Crippen molar-refractivity contribution in [3.05, 3.63) is 34.9 Å². The van der Waals surface area contributed by atoms with Gasteiger partial charge in [-0.25, -0.2) is 0 Å². The van der Waals surface area contributed by atoms with Crippen LogP contribution in [0.15, 0.2) is 18.2 Å². The van der Waals surface area contributed by atoms with Crippen LogP contribution in [0, 0.1) is 0 Å². The molecule has 1 aliphatic carbocycles. The Kier molecular flexibility index (Phi) is 3.98. The van der Waals surface area contributed by atoms with Crippen LogP contribution in [0.5, 0.6) is 0 Å². The van der Waals surface area contributed by atoms with E-state index in [0.717, 1.165) is 0 Å². The summed E-state index contributed by atoms with van der Waals surface area (Å²) < 4.78 is 0. The number of rotatable bonds is 0. The molecule has 0 aromatic heterocycles. The maximum atomic E-state index is 2.47. The van der Waals surface area contributed by atoms with E-state index < -0.39 is 0 Å². The average Bonchev–Trinajstić information content (AvgIpc) is 2.23. The van der Waals surface area contributed by atoms with Crippen molar-refractivity contribution in [2.45, 2.75) is 85.0 Å². The van der Waals surface area contributed by atoms with Crippen LogP contribution in [-0.4, -0.2) is 0 Å². The van der Waals surface area contributed by atoms with Crippen molar-refractivity contribution in [2.24, 2.45) is 0 Å². The van der Waals surface area contributed by atoms with E-state index in [1.54, 1.807) is 11.1 Å². The molecule has 0 fully saturated rings. The van der Waals surface area contributed by atoms with Crippen LogP contribution in [0.25, 0.3) is 0 Å². The van der Waals surface area contributed by atoms with Crippen LogP contribution in [0.1, 0.15) is 85.4 Å². The van der Waals surface area contributed by atoms with Crippen LogP contribution in [0.2, 0.25) is 0 Å². The summed E-state index contributed by atoms with van der Waals surface area (Å²) in [6.45, 7) is 16.5. The molecule has 0 amide bonds. The maximum Gasteiger partial charge on any atom is -0.0100 e. The monoisotopic (exact) mass is 260 g/mol. The molecule has 0 saturated carbocycles. The molecule has 0 bridgehead atoms. The number of hydrogen-bond donors (Lipinski definition) is 0. The SMILES string of the molecule is C.CC(C)(C)c1ccc2c(c1)C(C)(C)CCC2(C)C. The van der Waals surface area contributed by atoms with Crippen molar-refractivity contribution in [3.63, 3.8) is 0 Å². The molecule has 0 nitrogen and oxygen atoms in total. The molecule has 0 spiro atoms. The van der Waals surface area contributed by atoms with Gasteiger partial charge in [0.25, 0.3) is 0 Å². The normalized spacial score (nSPS) is 20.4. The van der Waals surface area contributed by atoms with Crippen LogP contribution in [0.3, 0.4) is 0 Å². The molecule has 108 valence electrons. The molecule has 0 radical (unpaired) electrons. The standard InChI is InChI=1S/C18H28.CH4/c1-16(2,3)13-8-9-14-15(12-13)18(6,7)11-10-17(14,4)5;/h8-9,12H,10-11H2,1-7H3;1H4. The van der Waals surface area contributed by atoms with E-state index >= 15 is 0 Å². The molecule has 0 atom stereocenters. The third kappa shape index (κ3) is 2.88. The second-order valence-corrected chi connectivity index (χ2v) is 8.28. The second-order valence-electron chi connectivity index (χ2n) is 8.28. The second kappa shape index (κ2) is 4.65. The van der Waals surface area contributed by atoms with Gasteiger partial charge in [-0.1, -0.05) is 74.1 Å². The minimum absolute atomic E-state index is 0. The summed E-state index contributed by atoms with van der Waals surface area (Å²) in [7, 11) is 0. The predicted molar refractivity (Wildman–Crippen MR) is 87.2 cm³/mol. The lowest BCUT2D eigenvalue weighted by molar-refractivity contribution is 0.331. The Labute approximate surface area is 120 Å². The summed E-state index contributed by atoms with van der Waals surface area (Å²) in [5.74, 6) is 0. The van der Waals surface area contributed by atoms with Crippen molar-refractivity contribution < 1.29 is 0 Å². The van der Waals surface area contributed by atoms with E-state index in [-0.39, 0.29) is 12.8 Å². The molecule has 1 aromatic rings. The van der Waals surface area contributed by atoms with E-state index in [1.807, 2.05) is 0 Å². The highest BCUT2D eigenvalue weighted by molar-refractivity contribution is 5.45. The summed E-state index contributed by atoms with van der Waals surface area (Å²) >= 11 is 0. The highest BCUT2D eigenvalue weighted by atomic mass is 14.4. The van der Waals surface area contributed by atoms with Gasteiger partial charge < -0.3 is 0 Å². The molecule has 2 rings (SSSR count). The third-order valence-corrected chi connectivity index (χ3v) is 4.72. The average molecular weight is 260 g/mol. The van der Waals surface area contributed by atoms with Crippen molar-refractivity contribution >= 4 is 0 Å². The Hall–Kier alpha value is -0.780. The van der Waals surface area contributed by atoms with E-state index in [9.17, 15) is 0 Å². The van der Waals surface area contributed by atoms with Crippen molar-refractivity contribution in [3.8, 4) is 0 Å². The van der Waals surface area contributed by atoms with E-state index in [4.69, 9.17) is 0 Å². The van der Waals surface area contributed by atoms with Gasteiger partial charge in [-0.05, 0) is 45.8 Å². The lowest BCUT2D eigenvalue weighted by Gasteiger charge is -2.42. The zero-order valence-electron chi connectivity index (χ0n) is 13.1. The first-order valence-electron chi connectivity index (χ1n) is 7.20. The molecule has 1 aliphatic rings. The fourth-order valence-electron chi connectivity index (χ4n) is 3.06. The summed E-state index contributed by atoms with van der Waals surface area (Å²) in [6.07, 6.45) is 2.59. The first kappa shape index (κ1) is 16.3. The quantitative estimate of drug-likeness (QED) is 0.539. The van der Waals surface area contributed by atoms with Crippen LogP contribution in [-0.2, 0) is 16.2 Å². The van der Waals surface area contributed by atoms with Crippen LogP contribution in [0.4, 0.5) is 0 Å². The molecule has 0 aliphatic heterocycles. The summed E-state index contributed by atoms with van der Waals surface area (Å²) in [5.41, 5.74) is 5.50. The van der Waals surface area contributed by atoms with Crippen LogP contribution < -0.4 is 0 Å². The number of hydrogen-bond acceptors (Lipinski definition) is 0. The molecule has 0 heteroatoms. The molecule has 0 unspecified atom stereocenters. The van der Waals surface area contributed by atoms with Gasteiger partial charge in [0, 0.05) is 0 Å². The van der Waals surface area contributed by atoms with Crippen molar-refractivity contribution in [2.75, 3.05) is 0 Å². The molecule has 0 saturated heterocycles. The smallest absolute Gasteiger partial charge is 0.0100 e. The van der Waals surface area contributed by atoms with Gasteiger partial charge >= 0.3 is 0 Å². The molecule has 0 N–H and O–H groups in total. The molecular weight excluding hydrogens is 228 g/mol. The Morgan fingerprint density at radius 3 is 1.79 bits per heavy atom. The zero-order chi connectivity index (χ0) is 13.8. The van der Waals surface area contributed by atoms with Crippen molar-refractivity contribution in [1.82, 2.24) is 0 Å². The zero-order valence-corrected chi connectivity index (χ0v) is 13.1. The summed E-state index contributed by atoms with van der Waals surface area (Å²) in [4.78, 5) is 0. The van der Waals surface area contributed by atoms with E-state index in [2.05, 4.69) is 66.7 Å². The Morgan fingerprint density at radius 1 is 0.842 bits per heavy atom. The first-order chi connectivity index (χ1) is 8.04. The van der Waals surface area contributed by atoms with E-state index in [0.29, 0.717) is 10.8 Å². The van der Waals surface area contributed by atoms with Gasteiger partial charge in [-0.3, -0.25) is 0 Å². The fraction of sp³-hybridized carbons (Fsp3) is 0.684. The predicted octanol–water partition coefficient (Wildman–Crippen LogP) is 5.97. The molecule has 1 aromatic carbocycles. The van der Waals surface area contributed by atoms with Gasteiger partial charge in [-0.15, -0.1) is 0 Å². The lowest BCUT2D eigenvalue weighted by Crippen LogP contribution is -2.34. The first-order valence-corrected chi connectivity index (χ1v) is 7.20. The largest absolute Gasteiger partial charge is 0.0776 e. The van der Waals surface area contributed by atoms with Gasteiger partial charge in [0.05, 0.1) is 0 Å². The summed E-state index contributed by atoms with van der Waals surface area (Å²) in [5, 5.41) is 0. The van der Waals surface area contributed by atoms with Gasteiger partial charge in [0.15, 0.2) is 0 Å². The Bertz CT molecular complexity index is 455. The number of fused-ring (bicyclic) bond motifs is 1. The highest BCUT2D eigenvalue weighted by Crippen LogP contribution is 2.46. The molecule has 0 heterocycles. The van der Waals surface area contributed by atoms with Gasteiger partial charge in [0.1, 0.15) is 0 Å². The van der Waals surface area contributed by atoms with E-state index in [1.165, 1.54) is 18.4 Å². The molecular formula is C19H32. The topological polar surface area (TPSA) is 0 Å². The summed E-state index contributed by atoms with van der Waals surface area (Å²) in [6, 6.07) is 7.19. The maximum absolute atomic E-state index is 2.47. The Morgan fingerprint density at radius 2 is 1.32 bits per heavy atom. The Balaban J connectivity index is 0.00000180.